The largest absolute Gasteiger partial charge is 0.493 e. The van der Waals surface area contributed by atoms with Crippen LogP contribution in [0.5, 0.6) is 28.7 Å². The van der Waals surface area contributed by atoms with Crippen LogP contribution in [0.15, 0.2) is 36.1 Å². The molecule has 2 aromatic carbocycles. The molecular formula is C19H18O6. The summed E-state index contributed by atoms with van der Waals surface area (Å²) in [5.74, 6) is 2.40. The topological polar surface area (TPSA) is 63.2 Å². The van der Waals surface area contributed by atoms with Crippen molar-refractivity contribution in [3.05, 3.63) is 47.2 Å². The van der Waals surface area contributed by atoms with E-state index in [1.807, 2.05) is 6.07 Å². The molecule has 0 N–H and O–H groups in total. The highest BCUT2D eigenvalue weighted by molar-refractivity contribution is 6.16. The van der Waals surface area contributed by atoms with Gasteiger partial charge >= 0.3 is 0 Å². The molecule has 2 aromatic rings. The third kappa shape index (κ3) is 2.87. The highest BCUT2D eigenvalue weighted by atomic mass is 16.5. The first-order valence-electron chi connectivity index (χ1n) is 7.54. The second-order valence-electron chi connectivity index (χ2n) is 5.23. The van der Waals surface area contributed by atoms with Gasteiger partial charge in [0.15, 0.2) is 28.8 Å². The van der Waals surface area contributed by atoms with Crippen molar-refractivity contribution in [3.8, 4) is 28.7 Å². The van der Waals surface area contributed by atoms with Crippen molar-refractivity contribution in [2.45, 2.75) is 0 Å². The molecule has 0 aliphatic carbocycles. The number of rotatable bonds is 5. The summed E-state index contributed by atoms with van der Waals surface area (Å²) in [4.78, 5) is 12.7. The smallest absolute Gasteiger partial charge is 0.235 e. The minimum atomic E-state index is -0.263. The summed E-state index contributed by atoms with van der Waals surface area (Å²) < 4.78 is 26.8. The van der Waals surface area contributed by atoms with E-state index in [4.69, 9.17) is 23.7 Å². The Kier molecular flexibility index (Phi) is 4.52. The normalized spacial score (nSPS) is 14.1. The van der Waals surface area contributed by atoms with E-state index < -0.39 is 0 Å². The van der Waals surface area contributed by atoms with E-state index >= 15 is 0 Å². The minimum Gasteiger partial charge on any atom is -0.493 e. The van der Waals surface area contributed by atoms with Crippen LogP contribution >= 0.6 is 0 Å². The number of fused-ring (bicyclic) bond motifs is 1. The van der Waals surface area contributed by atoms with Gasteiger partial charge in [-0.25, -0.2) is 0 Å². The number of ketones is 1. The molecule has 0 aromatic heterocycles. The Morgan fingerprint density at radius 2 is 1.52 bits per heavy atom. The van der Waals surface area contributed by atoms with Crippen molar-refractivity contribution in [3.63, 3.8) is 0 Å². The SMILES string of the molecule is COc1ccc(/C=C2\Oc3ccc(OC)c(OC)c3C2=O)cc1OC. The van der Waals surface area contributed by atoms with Crippen LogP contribution in [0, 0.1) is 0 Å². The fraction of sp³-hybridized carbons (Fsp3) is 0.211. The Labute approximate surface area is 145 Å². The maximum absolute atomic E-state index is 12.7. The number of ether oxygens (including phenoxy) is 5. The quantitative estimate of drug-likeness (QED) is 0.777. The van der Waals surface area contributed by atoms with Gasteiger partial charge in [-0.1, -0.05) is 6.07 Å². The molecule has 0 fully saturated rings. The molecule has 0 saturated heterocycles. The summed E-state index contributed by atoms with van der Waals surface area (Å²) in [6.45, 7) is 0. The number of hydrogen-bond donors (Lipinski definition) is 0. The third-order valence-corrected chi connectivity index (χ3v) is 3.88. The Bertz CT molecular complexity index is 853. The highest BCUT2D eigenvalue weighted by Gasteiger charge is 2.33. The summed E-state index contributed by atoms with van der Waals surface area (Å²) in [6, 6.07) is 8.73. The van der Waals surface area contributed by atoms with E-state index in [-0.39, 0.29) is 11.5 Å². The fourth-order valence-electron chi connectivity index (χ4n) is 2.69. The first kappa shape index (κ1) is 16.7. The molecule has 6 heteroatoms. The maximum Gasteiger partial charge on any atom is 0.235 e. The molecule has 6 nitrogen and oxygen atoms in total. The second kappa shape index (κ2) is 6.76. The van der Waals surface area contributed by atoms with Crippen molar-refractivity contribution in [1.29, 1.82) is 0 Å². The van der Waals surface area contributed by atoms with E-state index in [9.17, 15) is 4.79 Å². The Morgan fingerprint density at radius 1 is 0.840 bits per heavy atom. The molecule has 3 rings (SSSR count). The zero-order chi connectivity index (χ0) is 18.0. The van der Waals surface area contributed by atoms with E-state index in [2.05, 4.69) is 0 Å². The van der Waals surface area contributed by atoms with Gasteiger partial charge in [0.05, 0.1) is 28.4 Å². The summed E-state index contributed by atoms with van der Waals surface area (Å²) >= 11 is 0. The predicted octanol–water partition coefficient (Wildman–Crippen LogP) is 3.34. The second-order valence-corrected chi connectivity index (χ2v) is 5.23. The average Bonchev–Trinajstić information content (AvgIpc) is 2.96. The van der Waals surface area contributed by atoms with Crippen LogP contribution in [0.25, 0.3) is 6.08 Å². The predicted molar refractivity (Wildman–Crippen MR) is 92.0 cm³/mol. The van der Waals surface area contributed by atoms with Gasteiger partial charge < -0.3 is 23.7 Å². The van der Waals surface area contributed by atoms with Gasteiger partial charge in [0.1, 0.15) is 11.3 Å². The Morgan fingerprint density at radius 3 is 2.16 bits per heavy atom. The molecule has 1 aliphatic rings. The number of hydrogen-bond acceptors (Lipinski definition) is 6. The van der Waals surface area contributed by atoms with E-state index in [1.54, 1.807) is 44.6 Å². The van der Waals surface area contributed by atoms with Crippen LogP contribution in [0.3, 0.4) is 0 Å². The van der Waals surface area contributed by atoms with Crippen LogP contribution in [0.4, 0.5) is 0 Å². The highest BCUT2D eigenvalue weighted by Crippen LogP contribution is 2.43. The van der Waals surface area contributed by atoms with Gasteiger partial charge in [0.25, 0.3) is 0 Å². The molecule has 25 heavy (non-hydrogen) atoms. The molecule has 0 unspecified atom stereocenters. The lowest BCUT2D eigenvalue weighted by Crippen LogP contribution is -2.01. The van der Waals surface area contributed by atoms with Crippen molar-refractivity contribution >= 4 is 11.9 Å². The number of carbonyl (C=O) groups is 1. The molecule has 1 heterocycles. The monoisotopic (exact) mass is 342 g/mol. The average molecular weight is 342 g/mol. The first-order chi connectivity index (χ1) is 12.1. The number of benzene rings is 2. The number of methoxy groups -OCH3 is 4. The van der Waals surface area contributed by atoms with Crippen molar-refractivity contribution < 1.29 is 28.5 Å². The van der Waals surface area contributed by atoms with Crippen LogP contribution < -0.4 is 23.7 Å². The van der Waals surface area contributed by atoms with Crippen LogP contribution in [-0.4, -0.2) is 34.2 Å². The van der Waals surface area contributed by atoms with Gasteiger partial charge in [-0.2, -0.15) is 0 Å². The van der Waals surface area contributed by atoms with Crippen LogP contribution in [0.1, 0.15) is 15.9 Å². The molecule has 0 bridgehead atoms. The minimum absolute atomic E-state index is 0.203. The molecule has 130 valence electrons. The van der Waals surface area contributed by atoms with Crippen molar-refractivity contribution in [1.82, 2.24) is 0 Å². The third-order valence-electron chi connectivity index (χ3n) is 3.88. The van der Waals surface area contributed by atoms with E-state index in [0.717, 1.165) is 5.56 Å². The summed E-state index contributed by atoms with van der Waals surface area (Å²) in [7, 11) is 6.13. The lowest BCUT2D eigenvalue weighted by Gasteiger charge is -2.09. The zero-order valence-corrected chi connectivity index (χ0v) is 14.4. The van der Waals surface area contributed by atoms with Crippen molar-refractivity contribution in [2.24, 2.45) is 0 Å². The first-order valence-corrected chi connectivity index (χ1v) is 7.54. The van der Waals surface area contributed by atoms with Gasteiger partial charge in [0, 0.05) is 0 Å². The molecule has 0 spiro atoms. The molecule has 0 atom stereocenters. The number of Topliss-reactive ketones (excluding diaryl/α,β-unsaturated/α-hetero) is 1. The van der Waals surface area contributed by atoms with E-state index in [1.165, 1.54) is 14.2 Å². The summed E-state index contributed by atoms with van der Waals surface area (Å²) in [5.41, 5.74) is 1.10. The molecule has 0 radical (unpaired) electrons. The molecule has 0 saturated carbocycles. The lowest BCUT2D eigenvalue weighted by atomic mass is 10.1. The molecule has 0 amide bonds. The van der Waals surface area contributed by atoms with Gasteiger partial charge in [-0.15, -0.1) is 0 Å². The Hall–Kier alpha value is -3.15. The number of carbonyl (C=O) groups excluding carboxylic acids is 1. The van der Waals surface area contributed by atoms with Crippen molar-refractivity contribution in [2.75, 3.05) is 28.4 Å². The van der Waals surface area contributed by atoms with Gasteiger partial charge in [0.2, 0.25) is 5.78 Å². The lowest BCUT2D eigenvalue weighted by molar-refractivity contribution is 0.101. The van der Waals surface area contributed by atoms with Crippen LogP contribution in [-0.2, 0) is 0 Å². The fourth-order valence-corrected chi connectivity index (χ4v) is 2.69. The van der Waals surface area contributed by atoms with Gasteiger partial charge in [-0.05, 0) is 35.9 Å². The molecule has 1 aliphatic heterocycles. The summed E-state index contributed by atoms with van der Waals surface area (Å²) in [5, 5.41) is 0. The standard InChI is InChI=1S/C19H18O6/c1-21-12-6-5-11(9-15(12)23-3)10-16-18(20)17-13(25-16)7-8-14(22-2)19(17)24-4/h5-10H,1-4H3/b16-10-. The zero-order valence-electron chi connectivity index (χ0n) is 14.4. The van der Waals surface area contributed by atoms with Crippen LogP contribution in [0.2, 0.25) is 0 Å². The molecular weight excluding hydrogens is 324 g/mol. The summed E-state index contributed by atoms with van der Waals surface area (Å²) in [6.07, 6.45) is 1.65. The number of allylic oxidation sites excluding steroid dienone is 1. The maximum atomic E-state index is 12.7. The van der Waals surface area contributed by atoms with Gasteiger partial charge in [-0.3, -0.25) is 4.79 Å². The Balaban J connectivity index is 2.00. The van der Waals surface area contributed by atoms with E-state index in [0.29, 0.717) is 34.3 Å².